The number of hydrogen-bond acceptors (Lipinski definition) is 4. The molecule has 5 heteroatoms. The van der Waals surface area contributed by atoms with Crippen molar-refractivity contribution < 1.29 is 0 Å². The van der Waals surface area contributed by atoms with Gasteiger partial charge in [0.2, 0.25) is 0 Å². The van der Waals surface area contributed by atoms with Crippen LogP contribution < -0.4 is 0 Å². The summed E-state index contributed by atoms with van der Waals surface area (Å²) in [5, 5.41) is 12.9. The van der Waals surface area contributed by atoms with Crippen LogP contribution in [0.25, 0.3) is 10.2 Å². The Kier molecular flexibility index (Phi) is 1.54. The number of rotatable bonds is 0. The average Bonchev–Trinajstić information content (AvgIpc) is 2.62. The van der Waals surface area contributed by atoms with Crippen molar-refractivity contribution in [1.29, 1.82) is 0 Å². The molecule has 0 aromatic carbocycles. The molecule has 0 atom stereocenters. The van der Waals surface area contributed by atoms with Gasteiger partial charge in [-0.15, -0.1) is 21.5 Å². The van der Waals surface area contributed by atoms with E-state index in [9.17, 15) is 0 Å². The molecule has 2 heterocycles. The van der Waals surface area contributed by atoms with Gasteiger partial charge in [-0.1, -0.05) is 11.6 Å². The first-order chi connectivity index (χ1) is 6.36. The third-order valence-corrected chi connectivity index (χ3v) is 3.82. The molecule has 2 aromatic rings. The lowest BCUT2D eigenvalue weighted by Gasteiger charge is -1.92. The molecular weight excluding hydrogens is 206 g/mol. The lowest BCUT2D eigenvalue weighted by molar-refractivity contribution is 0.893. The van der Waals surface area contributed by atoms with Crippen LogP contribution in [0.4, 0.5) is 0 Å². The highest BCUT2D eigenvalue weighted by atomic mass is 35.5. The topological polar surface area (TPSA) is 38.7 Å². The Morgan fingerprint density at radius 3 is 3.08 bits per heavy atom. The quantitative estimate of drug-likeness (QED) is 0.671. The molecule has 0 bridgehead atoms. The molecule has 0 fully saturated rings. The van der Waals surface area contributed by atoms with E-state index in [0.29, 0.717) is 5.15 Å². The molecule has 3 rings (SSSR count). The molecule has 2 aromatic heterocycles. The maximum absolute atomic E-state index is 5.98. The minimum absolute atomic E-state index is 0.504. The minimum Gasteiger partial charge on any atom is -0.119 e. The Morgan fingerprint density at radius 2 is 2.15 bits per heavy atom. The minimum atomic E-state index is 0.504. The van der Waals surface area contributed by atoms with Gasteiger partial charge in [0.1, 0.15) is 0 Å². The highest BCUT2D eigenvalue weighted by Crippen LogP contribution is 2.38. The van der Waals surface area contributed by atoms with Crippen molar-refractivity contribution in [2.24, 2.45) is 0 Å². The van der Waals surface area contributed by atoms with Gasteiger partial charge in [0.25, 0.3) is 0 Å². The zero-order valence-electron chi connectivity index (χ0n) is 6.75. The Balaban J connectivity index is 2.46. The average molecular weight is 212 g/mol. The number of aryl methyl sites for hydroxylation is 2. The Bertz CT molecular complexity index is 479. The van der Waals surface area contributed by atoms with E-state index in [4.69, 9.17) is 11.6 Å². The molecular formula is C8H6ClN3S. The van der Waals surface area contributed by atoms with Crippen molar-refractivity contribution in [3.63, 3.8) is 0 Å². The van der Waals surface area contributed by atoms with Crippen molar-refractivity contribution >= 4 is 33.2 Å². The zero-order valence-corrected chi connectivity index (χ0v) is 8.32. The first-order valence-electron chi connectivity index (χ1n) is 4.15. The number of aromatic nitrogens is 3. The number of halogens is 1. The molecule has 0 spiro atoms. The largest absolute Gasteiger partial charge is 0.164 e. The fourth-order valence-electron chi connectivity index (χ4n) is 1.83. The van der Waals surface area contributed by atoms with Crippen molar-refractivity contribution in [2.45, 2.75) is 19.3 Å². The van der Waals surface area contributed by atoms with Crippen LogP contribution in [0, 0.1) is 0 Å². The van der Waals surface area contributed by atoms with Crippen LogP contribution in [0.5, 0.6) is 0 Å². The summed E-state index contributed by atoms with van der Waals surface area (Å²) in [6.07, 6.45) is 3.50. The fraction of sp³-hybridized carbons (Fsp3) is 0.375. The Morgan fingerprint density at radius 1 is 1.23 bits per heavy atom. The van der Waals surface area contributed by atoms with Crippen LogP contribution in [0.2, 0.25) is 5.15 Å². The smallest absolute Gasteiger partial charge is 0.119 e. The van der Waals surface area contributed by atoms with E-state index >= 15 is 0 Å². The summed E-state index contributed by atoms with van der Waals surface area (Å²) in [5.74, 6) is 0. The van der Waals surface area contributed by atoms with Gasteiger partial charge in [0, 0.05) is 4.88 Å². The molecule has 1 aliphatic carbocycles. The van der Waals surface area contributed by atoms with Crippen LogP contribution in [0.15, 0.2) is 0 Å². The van der Waals surface area contributed by atoms with E-state index in [-0.39, 0.29) is 0 Å². The first-order valence-corrected chi connectivity index (χ1v) is 5.35. The fourth-order valence-corrected chi connectivity index (χ4v) is 3.33. The summed E-state index contributed by atoms with van der Waals surface area (Å²) < 4.78 is 0. The molecule has 0 unspecified atom stereocenters. The number of hydrogen-bond donors (Lipinski definition) is 0. The summed E-state index contributed by atoms with van der Waals surface area (Å²) in [5.41, 5.74) is 1.35. The zero-order chi connectivity index (χ0) is 8.84. The highest BCUT2D eigenvalue weighted by Gasteiger charge is 2.20. The molecule has 0 saturated heterocycles. The van der Waals surface area contributed by atoms with Gasteiger partial charge in [-0.25, -0.2) is 0 Å². The summed E-state index contributed by atoms with van der Waals surface area (Å²) >= 11 is 7.68. The van der Waals surface area contributed by atoms with Crippen LogP contribution >= 0.6 is 22.9 Å². The van der Waals surface area contributed by atoms with Gasteiger partial charge in [-0.05, 0) is 30.0 Å². The first kappa shape index (κ1) is 7.64. The third-order valence-electron chi connectivity index (χ3n) is 2.38. The summed E-state index contributed by atoms with van der Waals surface area (Å²) in [7, 11) is 0. The van der Waals surface area contributed by atoms with Crippen molar-refractivity contribution in [1.82, 2.24) is 15.4 Å². The maximum atomic E-state index is 5.98. The highest BCUT2D eigenvalue weighted by molar-refractivity contribution is 7.19. The van der Waals surface area contributed by atoms with Gasteiger partial charge in [0.05, 0.1) is 5.39 Å². The predicted molar refractivity (Wildman–Crippen MR) is 52.2 cm³/mol. The third kappa shape index (κ3) is 0.988. The summed E-state index contributed by atoms with van der Waals surface area (Å²) in [6.45, 7) is 0. The predicted octanol–water partition coefficient (Wildman–Crippen LogP) is 2.23. The van der Waals surface area contributed by atoms with E-state index in [2.05, 4.69) is 15.4 Å². The normalized spacial score (nSPS) is 15.2. The molecule has 0 N–H and O–H groups in total. The molecule has 0 saturated carbocycles. The second kappa shape index (κ2) is 2.62. The van der Waals surface area contributed by atoms with E-state index < -0.39 is 0 Å². The second-order valence-electron chi connectivity index (χ2n) is 3.12. The molecule has 1 aliphatic rings. The van der Waals surface area contributed by atoms with Gasteiger partial charge in [-0.3, -0.25) is 0 Å². The molecule has 0 aliphatic heterocycles. The Labute approximate surface area is 83.7 Å². The molecule has 66 valence electrons. The van der Waals surface area contributed by atoms with Crippen LogP contribution in [0.1, 0.15) is 16.9 Å². The van der Waals surface area contributed by atoms with Crippen molar-refractivity contribution in [3.8, 4) is 0 Å². The monoisotopic (exact) mass is 211 g/mol. The second-order valence-corrected chi connectivity index (χ2v) is 4.56. The van der Waals surface area contributed by atoms with Gasteiger partial charge < -0.3 is 0 Å². The lowest BCUT2D eigenvalue weighted by atomic mass is 10.2. The molecule has 3 nitrogen and oxygen atoms in total. The summed E-state index contributed by atoms with van der Waals surface area (Å²) in [4.78, 5) is 2.35. The standard InChI is InChI=1S/C8H6ClN3S/c9-7-6-4-2-1-3-5(4)13-8(6)11-12-10-7/h1-3H2. The van der Waals surface area contributed by atoms with Crippen LogP contribution in [0.3, 0.4) is 0 Å². The molecule has 13 heavy (non-hydrogen) atoms. The van der Waals surface area contributed by atoms with Crippen LogP contribution in [-0.4, -0.2) is 15.4 Å². The molecule has 0 radical (unpaired) electrons. The Hall–Kier alpha value is -0.740. The summed E-state index contributed by atoms with van der Waals surface area (Å²) in [6, 6.07) is 0. The van der Waals surface area contributed by atoms with Crippen molar-refractivity contribution in [3.05, 3.63) is 15.6 Å². The SMILES string of the molecule is Clc1nnnc2sc3c(c12)CCC3. The van der Waals surface area contributed by atoms with E-state index in [1.165, 1.54) is 16.9 Å². The van der Waals surface area contributed by atoms with Crippen LogP contribution in [-0.2, 0) is 12.8 Å². The van der Waals surface area contributed by atoms with Crippen molar-refractivity contribution in [2.75, 3.05) is 0 Å². The number of thiophene rings is 1. The van der Waals surface area contributed by atoms with Gasteiger partial charge in [0.15, 0.2) is 9.98 Å². The molecule has 0 amide bonds. The number of fused-ring (bicyclic) bond motifs is 3. The van der Waals surface area contributed by atoms with E-state index in [1.54, 1.807) is 11.3 Å². The van der Waals surface area contributed by atoms with Gasteiger partial charge >= 0.3 is 0 Å². The van der Waals surface area contributed by atoms with Gasteiger partial charge in [-0.2, -0.15) is 0 Å². The lowest BCUT2D eigenvalue weighted by Crippen LogP contribution is -1.88. The maximum Gasteiger partial charge on any atom is 0.164 e. The number of nitrogens with zero attached hydrogens (tertiary/aromatic N) is 3. The van der Waals surface area contributed by atoms with E-state index in [0.717, 1.165) is 23.1 Å². The van der Waals surface area contributed by atoms with E-state index in [1.807, 2.05) is 0 Å².